The molecule has 2 fully saturated rings. The van der Waals surface area contributed by atoms with Crippen LogP contribution < -0.4 is 10.6 Å². The van der Waals surface area contributed by atoms with Crippen molar-refractivity contribution in [3.63, 3.8) is 0 Å². The van der Waals surface area contributed by atoms with Gasteiger partial charge in [0.2, 0.25) is 11.8 Å². The molecule has 5 rings (SSSR count). The maximum absolute atomic E-state index is 14.3. The molecule has 32 heavy (non-hydrogen) atoms. The first-order chi connectivity index (χ1) is 15.5. The van der Waals surface area contributed by atoms with Gasteiger partial charge < -0.3 is 20.4 Å². The third-order valence-electron chi connectivity index (χ3n) is 6.64. The van der Waals surface area contributed by atoms with Crippen LogP contribution in [0.4, 0.5) is 10.1 Å². The average Bonchev–Trinajstić information content (AvgIpc) is 2.93. The van der Waals surface area contributed by atoms with Crippen molar-refractivity contribution in [1.29, 1.82) is 0 Å². The molecule has 2 aromatic carbocycles. The highest BCUT2D eigenvalue weighted by atomic mass is 19.1. The van der Waals surface area contributed by atoms with Gasteiger partial charge in [0, 0.05) is 24.6 Å². The molecule has 3 amide bonds. The number of carbonyl (C=O) groups excluding carboxylic acids is 3. The third-order valence-corrected chi connectivity index (χ3v) is 6.64. The number of hydrogen-bond acceptors (Lipinski definition) is 4. The molecule has 1 unspecified atom stereocenters. The van der Waals surface area contributed by atoms with Crippen LogP contribution in [0.2, 0.25) is 0 Å². The number of anilines is 1. The Labute approximate surface area is 185 Å². The molecule has 3 aliphatic heterocycles. The number of fused-ring (bicyclic) bond motifs is 2. The van der Waals surface area contributed by atoms with Crippen molar-refractivity contribution in [2.45, 2.75) is 18.9 Å². The lowest BCUT2D eigenvalue weighted by Gasteiger charge is -2.41. The zero-order valence-electron chi connectivity index (χ0n) is 17.6. The summed E-state index contributed by atoms with van der Waals surface area (Å²) in [4.78, 5) is 42.6. The number of halogens is 1. The molecule has 3 aliphatic rings. The van der Waals surface area contributed by atoms with E-state index in [0.29, 0.717) is 28.9 Å². The van der Waals surface area contributed by atoms with Gasteiger partial charge in [-0.2, -0.15) is 0 Å². The van der Waals surface area contributed by atoms with E-state index in [4.69, 9.17) is 0 Å². The Hall–Kier alpha value is -3.26. The highest BCUT2D eigenvalue weighted by molar-refractivity contribution is 6.10. The molecule has 0 bridgehead atoms. The summed E-state index contributed by atoms with van der Waals surface area (Å²) in [6.07, 6.45) is 1.58. The van der Waals surface area contributed by atoms with E-state index in [1.54, 1.807) is 46.2 Å². The van der Waals surface area contributed by atoms with Crippen LogP contribution in [-0.2, 0) is 9.59 Å². The van der Waals surface area contributed by atoms with Crippen molar-refractivity contribution in [2.75, 3.05) is 38.0 Å². The summed E-state index contributed by atoms with van der Waals surface area (Å²) in [5, 5.41) is 6.10. The maximum atomic E-state index is 14.3. The van der Waals surface area contributed by atoms with Gasteiger partial charge in [-0.15, -0.1) is 0 Å². The van der Waals surface area contributed by atoms with E-state index in [0.717, 1.165) is 25.9 Å². The quantitative estimate of drug-likeness (QED) is 0.756. The second kappa shape index (κ2) is 8.35. The molecule has 0 aromatic heterocycles. The first-order valence-electron chi connectivity index (χ1n) is 11.0. The lowest BCUT2D eigenvalue weighted by atomic mass is 9.95. The maximum Gasteiger partial charge on any atom is 0.256 e. The Morgan fingerprint density at radius 3 is 2.56 bits per heavy atom. The number of nitrogens with zero attached hydrogens (tertiary/aromatic N) is 2. The molecule has 0 saturated carbocycles. The monoisotopic (exact) mass is 436 g/mol. The molecule has 2 N–H and O–H groups in total. The number of piperazine rings is 1. The van der Waals surface area contributed by atoms with Crippen LogP contribution in [-0.4, -0.2) is 66.3 Å². The van der Waals surface area contributed by atoms with Gasteiger partial charge in [0.25, 0.3) is 5.91 Å². The van der Waals surface area contributed by atoms with Crippen molar-refractivity contribution < 1.29 is 18.8 Å². The fourth-order valence-electron chi connectivity index (χ4n) is 4.84. The number of benzene rings is 2. The van der Waals surface area contributed by atoms with E-state index in [1.165, 1.54) is 6.07 Å². The normalized spacial score (nSPS) is 21.5. The van der Waals surface area contributed by atoms with Crippen LogP contribution in [0, 0.1) is 11.7 Å². The Bertz CT molecular complexity index is 1080. The highest BCUT2D eigenvalue weighted by Gasteiger charge is 2.41. The van der Waals surface area contributed by atoms with Crippen molar-refractivity contribution >= 4 is 23.4 Å². The molecule has 8 heteroatoms. The molecule has 0 radical (unpaired) electrons. The average molecular weight is 436 g/mol. The predicted octanol–water partition coefficient (Wildman–Crippen LogP) is 2.10. The number of carbonyl (C=O) groups is 3. The number of rotatable bonds is 2. The number of piperidine rings is 1. The second-order valence-electron chi connectivity index (χ2n) is 8.55. The van der Waals surface area contributed by atoms with E-state index in [9.17, 15) is 18.8 Å². The zero-order chi connectivity index (χ0) is 22.2. The summed E-state index contributed by atoms with van der Waals surface area (Å²) in [6.45, 7) is 2.52. The van der Waals surface area contributed by atoms with E-state index in [2.05, 4.69) is 10.6 Å². The molecule has 7 nitrogen and oxygen atoms in total. The number of hydrogen-bond donors (Lipinski definition) is 2. The molecular formula is C24H25FN4O3. The Balaban J connectivity index is 1.41. The van der Waals surface area contributed by atoms with Crippen LogP contribution in [0.15, 0.2) is 42.5 Å². The van der Waals surface area contributed by atoms with Gasteiger partial charge in [-0.25, -0.2) is 4.39 Å². The van der Waals surface area contributed by atoms with Gasteiger partial charge in [0.05, 0.1) is 17.8 Å². The lowest BCUT2D eigenvalue weighted by Crippen LogP contribution is -2.60. The molecule has 1 atom stereocenters. The zero-order valence-corrected chi connectivity index (χ0v) is 17.6. The number of nitrogens with one attached hydrogen (secondary N) is 2. The first-order valence-corrected chi connectivity index (χ1v) is 11.0. The van der Waals surface area contributed by atoms with Crippen LogP contribution in [0.3, 0.4) is 0 Å². The van der Waals surface area contributed by atoms with Gasteiger partial charge in [-0.05, 0) is 49.7 Å². The SMILES string of the molecule is O=C1Nc2ccc(-c3ccccc3F)cc2C(=O)N2CCN(C(=O)C3CCNCC3)CC12. The van der Waals surface area contributed by atoms with E-state index in [1.807, 2.05) is 0 Å². The minimum absolute atomic E-state index is 0.0344. The van der Waals surface area contributed by atoms with Crippen molar-refractivity contribution in [2.24, 2.45) is 5.92 Å². The first kappa shape index (κ1) is 20.6. The summed E-state index contributed by atoms with van der Waals surface area (Å²) in [7, 11) is 0. The fraction of sp³-hybridized carbons (Fsp3) is 0.375. The molecular weight excluding hydrogens is 411 g/mol. The number of amides is 3. The van der Waals surface area contributed by atoms with Crippen LogP contribution in [0.25, 0.3) is 11.1 Å². The molecule has 3 heterocycles. The summed E-state index contributed by atoms with van der Waals surface area (Å²) in [5.74, 6) is -0.933. The van der Waals surface area contributed by atoms with Crippen LogP contribution in [0.5, 0.6) is 0 Å². The van der Waals surface area contributed by atoms with E-state index >= 15 is 0 Å². The Morgan fingerprint density at radius 2 is 1.78 bits per heavy atom. The molecule has 0 aliphatic carbocycles. The topological polar surface area (TPSA) is 81.8 Å². The Morgan fingerprint density at radius 1 is 1.00 bits per heavy atom. The molecule has 2 aromatic rings. The van der Waals surface area contributed by atoms with Crippen molar-refractivity contribution in [3.05, 3.63) is 53.8 Å². The summed E-state index contributed by atoms with van der Waals surface area (Å²) < 4.78 is 14.3. The highest BCUT2D eigenvalue weighted by Crippen LogP contribution is 2.31. The van der Waals surface area contributed by atoms with Gasteiger partial charge in [-0.1, -0.05) is 24.3 Å². The van der Waals surface area contributed by atoms with E-state index in [-0.39, 0.29) is 42.5 Å². The lowest BCUT2D eigenvalue weighted by molar-refractivity contribution is -0.140. The molecule has 2 saturated heterocycles. The van der Waals surface area contributed by atoms with Gasteiger partial charge in [0.1, 0.15) is 11.9 Å². The third kappa shape index (κ3) is 3.64. The van der Waals surface area contributed by atoms with E-state index < -0.39 is 6.04 Å². The second-order valence-corrected chi connectivity index (χ2v) is 8.55. The van der Waals surface area contributed by atoms with Crippen LogP contribution in [0.1, 0.15) is 23.2 Å². The van der Waals surface area contributed by atoms with Crippen molar-refractivity contribution in [3.8, 4) is 11.1 Å². The summed E-state index contributed by atoms with van der Waals surface area (Å²) in [6, 6.07) is 10.6. The minimum atomic E-state index is -0.744. The van der Waals surface area contributed by atoms with Crippen LogP contribution >= 0.6 is 0 Å². The molecule has 0 spiro atoms. The largest absolute Gasteiger partial charge is 0.338 e. The summed E-state index contributed by atoms with van der Waals surface area (Å²) in [5.41, 5.74) is 1.71. The minimum Gasteiger partial charge on any atom is -0.338 e. The van der Waals surface area contributed by atoms with Crippen molar-refractivity contribution in [1.82, 2.24) is 15.1 Å². The fourth-order valence-corrected chi connectivity index (χ4v) is 4.84. The van der Waals surface area contributed by atoms with Gasteiger partial charge >= 0.3 is 0 Å². The van der Waals surface area contributed by atoms with Gasteiger partial charge in [0.15, 0.2) is 0 Å². The Kier molecular flexibility index (Phi) is 5.38. The molecule has 166 valence electrons. The predicted molar refractivity (Wildman–Crippen MR) is 117 cm³/mol. The smallest absolute Gasteiger partial charge is 0.256 e. The summed E-state index contributed by atoms with van der Waals surface area (Å²) >= 11 is 0. The standard InChI is InChI=1S/C24H25FN4O3/c25-19-4-2-1-3-17(19)16-5-6-20-18(13-16)24(32)29-12-11-28(14-21(29)22(30)27-20)23(31)15-7-9-26-10-8-15/h1-6,13,15,21,26H,7-12,14H2,(H,27,30). The van der Waals surface area contributed by atoms with Gasteiger partial charge in [-0.3, -0.25) is 14.4 Å².